The zero-order chi connectivity index (χ0) is 24.8. The van der Waals surface area contributed by atoms with Gasteiger partial charge in [-0.15, -0.1) is 0 Å². The molecule has 0 unspecified atom stereocenters. The van der Waals surface area contributed by atoms with Gasteiger partial charge in [-0.25, -0.2) is 4.79 Å². The van der Waals surface area contributed by atoms with Gasteiger partial charge in [0.1, 0.15) is 6.61 Å². The van der Waals surface area contributed by atoms with Crippen LogP contribution in [-0.4, -0.2) is 44.6 Å². The third-order valence-corrected chi connectivity index (χ3v) is 6.31. The highest BCUT2D eigenvalue weighted by Crippen LogP contribution is 2.37. The molecule has 7 heteroatoms. The molecular formula is C28H30O7. The van der Waals surface area contributed by atoms with Gasteiger partial charge in [-0.2, -0.15) is 0 Å². The molecule has 1 heterocycles. The summed E-state index contributed by atoms with van der Waals surface area (Å²) in [5.41, 5.74) is 1.03. The van der Waals surface area contributed by atoms with Crippen LogP contribution in [-0.2, 0) is 29.0 Å². The minimum atomic E-state index is -1.66. The summed E-state index contributed by atoms with van der Waals surface area (Å²) in [5, 5.41) is 11.4. The van der Waals surface area contributed by atoms with E-state index in [1.807, 2.05) is 54.6 Å². The fraction of sp³-hybridized carbons (Fsp3) is 0.321. The highest BCUT2D eigenvalue weighted by Gasteiger charge is 2.51. The van der Waals surface area contributed by atoms with E-state index in [-0.39, 0.29) is 13.0 Å². The molecule has 35 heavy (non-hydrogen) atoms. The van der Waals surface area contributed by atoms with Crippen LogP contribution in [0.25, 0.3) is 0 Å². The third-order valence-electron chi connectivity index (χ3n) is 6.31. The molecule has 3 aromatic carbocycles. The van der Waals surface area contributed by atoms with E-state index >= 15 is 0 Å². The summed E-state index contributed by atoms with van der Waals surface area (Å²) in [6, 6.07) is 20.8. The molecular weight excluding hydrogens is 448 g/mol. The van der Waals surface area contributed by atoms with Crippen molar-refractivity contribution in [3.8, 4) is 23.0 Å². The highest BCUT2D eigenvalue weighted by molar-refractivity contribution is 5.82. The second-order valence-corrected chi connectivity index (χ2v) is 8.55. The van der Waals surface area contributed by atoms with Gasteiger partial charge in [0.05, 0.1) is 27.9 Å². The summed E-state index contributed by atoms with van der Waals surface area (Å²) < 4.78 is 27.4. The molecule has 2 atom stereocenters. The Morgan fingerprint density at radius 3 is 2.17 bits per heavy atom. The Kier molecular flexibility index (Phi) is 7.46. The van der Waals surface area contributed by atoms with Crippen molar-refractivity contribution >= 4 is 5.97 Å². The van der Waals surface area contributed by atoms with E-state index in [1.165, 1.54) is 0 Å². The molecule has 1 N–H and O–H groups in total. The molecule has 0 saturated carbocycles. The van der Waals surface area contributed by atoms with Crippen molar-refractivity contribution in [2.75, 3.05) is 27.9 Å². The van der Waals surface area contributed by atoms with Crippen LogP contribution in [0.15, 0.2) is 66.7 Å². The Bertz CT molecular complexity index is 1160. The molecule has 0 bridgehead atoms. The first-order chi connectivity index (χ1) is 17.0. The van der Waals surface area contributed by atoms with Crippen molar-refractivity contribution in [3.63, 3.8) is 0 Å². The Morgan fingerprint density at radius 2 is 1.46 bits per heavy atom. The Labute approximate surface area is 205 Å². The number of methoxy groups -OCH3 is 3. The molecule has 0 radical (unpaired) electrons. The first kappa shape index (κ1) is 24.4. The maximum absolute atomic E-state index is 12.6. The number of rotatable bonds is 10. The van der Waals surface area contributed by atoms with Crippen molar-refractivity contribution < 1.29 is 33.6 Å². The molecule has 4 rings (SSSR count). The number of aliphatic hydroxyl groups is 1. The standard InChI is InChI=1S/C28H30O7/c1-31-23-11-9-20(14-25(23)32-2)13-22-18-35-27(29)28(22,30)16-21-10-12-24(26(15-21)33-3)34-17-19-7-5-4-6-8-19/h4-12,14-15,22,30H,13,16-18H2,1-3H3/t22-,28-/m0/s1. The summed E-state index contributed by atoms with van der Waals surface area (Å²) in [6.07, 6.45) is 0.539. The van der Waals surface area contributed by atoms with Crippen LogP contribution in [0.3, 0.4) is 0 Å². The number of benzene rings is 3. The number of ether oxygens (including phenoxy) is 5. The maximum Gasteiger partial charge on any atom is 0.338 e. The fourth-order valence-corrected chi connectivity index (χ4v) is 4.33. The van der Waals surface area contributed by atoms with Crippen molar-refractivity contribution in [2.24, 2.45) is 5.92 Å². The maximum atomic E-state index is 12.6. The van der Waals surface area contributed by atoms with E-state index in [0.29, 0.717) is 36.0 Å². The Balaban J connectivity index is 1.50. The lowest BCUT2D eigenvalue weighted by atomic mass is 9.81. The van der Waals surface area contributed by atoms with Gasteiger partial charge in [0, 0.05) is 12.3 Å². The SMILES string of the molecule is COc1ccc(C[C@H]2COC(=O)[C@]2(O)Cc2ccc(OCc3ccccc3)c(OC)c2)cc1OC. The summed E-state index contributed by atoms with van der Waals surface area (Å²) in [4.78, 5) is 12.6. The van der Waals surface area contributed by atoms with Crippen molar-refractivity contribution in [2.45, 2.75) is 25.0 Å². The van der Waals surface area contributed by atoms with E-state index in [2.05, 4.69) is 0 Å². The molecule has 184 valence electrons. The van der Waals surface area contributed by atoms with Crippen LogP contribution in [0.2, 0.25) is 0 Å². The summed E-state index contributed by atoms with van der Waals surface area (Å²) in [5.74, 6) is 1.29. The van der Waals surface area contributed by atoms with Gasteiger partial charge in [0.15, 0.2) is 28.6 Å². The second-order valence-electron chi connectivity index (χ2n) is 8.55. The van der Waals surface area contributed by atoms with Crippen molar-refractivity contribution in [1.29, 1.82) is 0 Å². The lowest BCUT2D eigenvalue weighted by Gasteiger charge is -2.26. The first-order valence-corrected chi connectivity index (χ1v) is 11.4. The predicted octanol–water partition coefficient (Wildman–Crippen LogP) is 3.98. The lowest BCUT2D eigenvalue weighted by Crippen LogP contribution is -2.44. The quantitative estimate of drug-likeness (QED) is 0.441. The van der Waals surface area contributed by atoms with Gasteiger partial charge in [0.25, 0.3) is 0 Å². The number of carbonyl (C=O) groups excluding carboxylic acids is 1. The van der Waals surface area contributed by atoms with Crippen LogP contribution in [0, 0.1) is 5.92 Å². The van der Waals surface area contributed by atoms with Crippen LogP contribution in [0.1, 0.15) is 16.7 Å². The van der Waals surface area contributed by atoms with Crippen LogP contribution < -0.4 is 18.9 Å². The Hall–Kier alpha value is -3.71. The molecule has 0 aromatic heterocycles. The molecule has 1 saturated heterocycles. The van der Waals surface area contributed by atoms with Gasteiger partial charge in [0.2, 0.25) is 0 Å². The van der Waals surface area contributed by atoms with Crippen molar-refractivity contribution in [1.82, 2.24) is 0 Å². The molecule has 1 fully saturated rings. The van der Waals surface area contributed by atoms with Gasteiger partial charge in [-0.05, 0) is 47.4 Å². The predicted molar refractivity (Wildman–Crippen MR) is 130 cm³/mol. The summed E-state index contributed by atoms with van der Waals surface area (Å²) in [7, 11) is 4.71. The average Bonchev–Trinajstić information content (AvgIpc) is 3.16. The topological polar surface area (TPSA) is 83.5 Å². The molecule has 0 aliphatic carbocycles. The molecule has 1 aliphatic heterocycles. The van der Waals surface area contributed by atoms with Gasteiger partial charge >= 0.3 is 5.97 Å². The van der Waals surface area contributed by atoms with Crippen LogP contribution >= 0.6 is 0 Å². The number of hydrogen-bond donors (Lipinski definition) is 1. The van der Waals surface area contributed by atoms with Crippen LogP contribution in [0.5, 0.6) is 23.0 Å². The van der Waals surface area contributed by atoms with Gasteiger partial charge < -0.3 is 28.8 Å². The molecule has 7 nitrogen and oxygen atoms in total. The van der Waals surface area contributed by atoms with Crippen molar-refractivity contribution in [3.05, 3.63) is 83.4 Å². The number of carbonyl (C=O) groups is 1. The number of cyclic esters (lactones) is 1. The molecule has 0 spiro atoms. The number of esters is 1. The monoisotopic (exact) mass is 478 g/mol. The highest BCUT2D eigenvalue weighted by atomic mass is 16.6. The average molecular weight is 479 g/mol. The van der Waals surface area contributed by atoms with E-state index < -0.39 is 17.5 Å². The number of hydrogen-bond acceptors (Lipinski definition) is 7. The molecule has 1 aliphatic rings. The molecule has 3 aromatic rings. The summed E-state index contributed by atoms with van der Waals surface area (Å²) >= 11 is 0. The minimum absolute atomic E-state index is 0.0963. The zero-order valence-corrected chi connectivity index (χ0v) is 20.2. The van der Waals surface area contributed by atoms with E-state index in [0.717, 1.165) is 16.7 Å². The minimum Gasteiger partial charge on any atom is -0.493 e. The molecule has 0 amide bonds. The normalized spacial score (nSPS) is 19.2. The van der Waals surface area contributed by atoms with Gasteiger partial charge in [-0.1, -0.05) is 42.5 Å². The van der Waals surface area contributed by atoms with Crippen LogP contribution in [0.4, 0.5) is 0 Å². The van der Waals surface area contributed by atoms with Gasteiger partial charge in [-0.3, -0.25) is 0 Å². The fourth-order valence-electron chi connectivity index (χ4n) is 4.33. The smallest absolute Gasteiger partial charge is 0.338 e. The lowest BCUT2D eigenvalue weighted by molar-refractivity contribution is -0.154. The summed E-state index contributed by atoms with van der Waals surface area (Å²) in [6.45, 7) is 0.541. The second kappa shape index (κ2) is 10.7. The van der Waals surface area contributed by atoms with E-state index in [4.69, 9.17) is 23.7 Å². The largest absolute Gasteiger partial charge is 0.493 e. The third kappa shape index (κ3) is 5.35. The Morgan fingerprint density at radius 1 is 0.829 bits per heavy atom. The van der Waals surface area contributed by atoms with E-state index in [1.54, 1.807) is 33.5 Å². The first-order valence-electron chi connectivity index (χ1n) is 11.4. The zero-order valence-electron chi connectivity index (χ0n) is 20.2. The van der Waals surface area contributed by atoms with E-state index in [9.17, 15) is 9.90 Å².